The summed E-state index contributed by atoms with van der Waals surface area (Å²) in [7, 11) is 0. The van der Waals surface area contributed by atoms with Crippen LogP contribution in [0.5, 0.6) is 0 Å². The number of benzene rings is 1. The van der Waals surface area contributed by atoms with Gasteiger partial charge in [0.1, 0.15) is 0 Å². The zero-order valence-corrected chi connectivity index (χ0v) is 11.4. The standard InChI is InChI=1S/C18H19N/c1-2-11-19-13-15-12-14-7-3-4-8-16(14)18(19)10-6-5-9-17(15)18/h3-4,6-10,12H,2,5,11,13H2,1H3. The highest BCUT2D eigenvalue weighted by molar-refractivity contribution is 5.75. The maximum atomic E-state index is 2.64. The van der Waals surface area contributed by atoms with Gasteiger partial charge in [0.15, 0.2) is 0 Å². The van der Waals surface area contributed by atoms with Gasteiger partial charge in [-0.1, -0.05) is 49.4 Å². The second kappa shape index (κ2) is 3.94. The first-order valence-corrected chi connectivity index (χ1v) is 7.30. The molecule has 1 unspecified atom stereocenters. The number of hydrogen-bond donors (Lipinski definition) is 0. The Morgan fingerprint density at radius 1 is 1.26 bits per heavy atom. The number of nitrogens with zero attached hydrogens (tertiary/aromatic N) is 1. The topological polar surface area (TPSA) is 3.24 Å². The molecule has 4 rings (SSSR count). The molecule has 1 atom stereocenters. The lowest BCUT2D eigenvalue weighted by atomic mass is 9.73. The molecule has 0 radical (unpaired) electrons. The maximum Gasteiger partial charge on any atom is 0.0911 e. The molecular weight excluding hydrogens is 230 g/mol. The van der Waals surface area contributed by atoms with Gasteiger partial charge in [-0.05, 0) is 47.7 Å². The van der Waals surface area contributed by atoms with Gasteiger partial charge < -0.3 is 0 Å². The van der Waals surface area contributed by atoms with Crippen molar-refractivity contribution in [2.45, 2.75) is 25.3 Å². The number of likely N-dealkylation sites (tertiary alicyclic amines) is 1. The molecule has 19 heavy (non-hydrogen) atoms. The van der Waals surface area contributed by atoms with Crippen LogP contribution in [0.2, 0.25) is 0 Å². The molecule has 0 amide bonds. The Bertz CT molecular complexity index is 620. The van der Waals surface area contributed by atoms with Crippen molar-refractivity contribution in [1.82, 2.24) is 4.90 Å². The van der Waals surface area contributed by atoms with Crippen LogP contribution >= 0.6 is 0 Å². The Balaban J connectivity index is 2.00. The molecule has 1 heteroatoms. The molecule has 0 spiro atoms. The smallest absolute Gasteiger partial charge is 0.0911 e. The van der Waals surface area contributed by atoms with E-state index in [1.165, 1.54) is 23.1 Å². The third-order valence-electron chi connectivity index (χ3n) is 4.63. The molecule has 1 fully saturated rings. The van der Waals surface area contributed by atoms with Gasteiger partial charge in [0.25, 0.3) is 0 Å². The van der Waals surface area contributed by atoms with Crippen LogP contribution in [-0.4, -0.2) is 18.0 Å². The molecule has 0 N–H and O–H groups in total. The number of rotatable bonds is 2. The van der Waals surface area contributed by atoms with Crippen LogP contribution in [0.1, 0.15) is 30.9 Å². The van der Waals surface area contributed by atoms with Crippen LogP contribution in [0.25, 0.3) is 6.08 Å². The minimum Gasteiger partial charge on any atom is -0.282 e. The van der Waals surface area contributed by atoms with Gasteiger partial charge in [0, 0.05) is 6.54 Å². The Morgan fingerprint density at radius 2 is 2.16 bits per heavy atom. The van der Waals surface area contributed by atoms with Crippen LogP contribution in [0, 0.1) is 0 Å². The molecule has 1 aromatic carbocycles. The third-order valence-corrected chi connectivity index (χ3v) is 4.63. The lowest BCUT2D eigenvalue weighted by Gasteiger charge is -2.40. The van der Waals surface area contributed by atoms with Gasteiger partial charge in [0.05, 0.1) is 5.54 Å². The van der Waals surface area contributed by atoms with Crippen LogP contribution in [-0.2, 0) is 5.54 Å². The van der Waals surface area contributed by atoms with Crippen LogP contribution in [0.3, 0.4) is 0 Å². The van der Waals surface area contributed by atoms with Crippen LogP contribution in [0.15, 0.2) is 53.6 Å². The monoisotopic (exact) mass is 249 g/mol. The van der Waals surface area contributed by atoms with E-state index in [0.29, 0.717) is 0 Å². The van der Waals surface area contributed by atoms with Crippen molar-refractivity contribution in [2.75, 3.05) is 13.1 Å². The first-order valence-electron chi connectivity index (χ1n) is 7.30. The Kier molecular flexibility index (Phi) is 2.33. The highest BCUT2D eigenvalue weighted by atomic mass is 15.2. The third kappa shape index (κ3) is 1.34. The summed E-state index contributed by atoms with van der Waals surface area (Å²) >= 11 is 0. The highest BCUT2D eigenvalue weighted by Gasteiger charge is 2.49. The molecule has 1 aliphatic heterocycles. The highest BCUT2D eigenvalue weighted by Crippen LogP contribution is 2.53. The van der Waals surface area contributed by atoms with Crippen molar-refractivity contribution in [3.63, 3.8) is 0 Å². The van der Waals surface area contributed by atoms with E-state index < -0.39 is 0 Å². The molecule has 1 nitrogen and oxygen atoms in total. The van der Waals surface area contributed by atoms with Gasteiger partial charge in [-0.2, -0.15) is 0 Å². The van der Waals surface area contributed by atoms with Gasteiger partial charge in [-0.25, -0.2) is 0 Å². The molecule has 0 saturated carbocycles. The lowest BCUT2D eigenvalue weighted by Crippen LogP contribution is -2.42. The fourth-order valence-electron chi connectivity index (χ4n) is 3.95. The summed E-state index contributed by atoms with van der Waals surface area (Å²) in [5.41, 5.74) is 5.97. The Morgan fingerprint density at radius 3 is 3.05 bits per heavy atom. The molecule has 0 aromatic heterocycles. The minimum absolute atomic E-state index is 0.0366. The summed E-state index contributed by atoms with van der Waals surface area (Å²) in [5, 5.41) is 0. The summed E-state index contributed by atoms with van der Waals surface area (Å²) in [6.07, 6.45) is 11.9. The van der Waals surface area contributed by atoms with E-state index in [1.54, 1.807) is 5.57 Å². The lowest BCUT2D eigenvalue weighted by molar-refractivity contribution is 0.210. The predicted molar refractivity (Wildman–Crippen MR) is 79.8 cm³/mol. The second-order valence-electron chi connectivity index (χ2n) is 5.70. The van der Waals surface area contributed by atoms with Crippen molar-refractivity contribution >= 4 is 6.08 Å². The Labute approximate surface area is 114 Å². The van der Waals surface area contributed by atoms with Gasteiger partial charge in [-0.3, -0.25) is 4.90 Å². The zero-order chi connectivity index (χ0) is 12.9. The van der Waals surface area contributed by atoms with E-state index in [0.717, 1.165) is 19.5 Å². The normalized spacial score (nSPS) is 27.6. The first kappa shape index (κ1) is 11.2. The number of allylic oxidation sites excluding steroid dienone is 2. The summed E-state index contributed by atoms with van der Waals surface area (Å²) in [5.74, 6) is 0. The molecule has 96 valence electrons. The van der Waals surface area contributed by atoms with E-state index in [9.17, 15) is 0 Å². The predicted octanol–water partition coefficient (Wildman–Crippen LogP) is 3.89. The molecule has 1 heterocycles. The van der Waals surface area contributed by atoms with Crippen LogP contribution in [0.4, 0.5) is 0 Å². The summed E-state index contributed by atoms with van der Waals surface area (Å²) < 4.78 is 0. The maximum absolute atomic E-state index is 2.64. The average molecular weight is 249 g/mol. The van der Waals surface area contributed by atoms with Gasteiger partial charge in [-0.15, -0.1) is 0 Å². The quantitative estimate of drug-likeness (QED) is 0.719. The van der Waals surface area contributed by atoms with Crippen molar-refractivity contribution in [3.8, 4) is 0 Å². The molecule has 1 aromatic rings. The summed E-state index contributed by atoms with van der Waals surface area (Å²) in [4.78, 5) is 2.64. The number of hydrogen-bond acceptors (Lipinski definition) is 1. The minimum atomic E-state index is 0.0366. The van der Waals surface area contributed by atoms with Crippen molar-refractivity contribution in [2.24, 2.45) is 0 Å². The van der Waals surface area contributed by atoms with Crippen molar-refractivity contribution in [1.29, 1.82) is 0 Å². The zero-order valence-electron chi connectivity index (χ0n) is 11.4. The summed E-state index contributed by atoms with van der Waals surface area (Å²) in [6.45, 7) is 4.53. The van der Waals surface area contributed by atoms with Crippen molar-refractivity contribution < 1.29 is 0 Å². The fourth-order valence-corrected chi connectivity index (χ4v) is 3.95. The number of fused-ring (bicyclic) bond motifs is 1. The molecule has 3 aliphatic rings. The van der Waals surface area contributed by atoms with E-state index in [2.05, 4.69) is 60.4 Å². The van der Waals surface area contributed by atoms with E-state index in [1.807, 2.05) is 0 Å². The summed E-state index contributed by atoms with van der Waals surface area (Å²) in [6, 6.07) is 8.89. The Hall–Kier alpha value is -1.60. The largest absolute Gasteiger partial charge is 0.282 e. The second-order valence-corrected chi connectivity index (χ2v) is 5.70. The average Bonchev–Trinajstić information content (AvgIpc) is 2.69. The fraction of sp³-hybridized carbons (Fsp3) is 0.333. The van der Waals surface area contributed by atoms with Crippen molar-refractivity contribution in [3.05, 3.63) is 64.8 Å². The van der Waals surface area contributed by atoms with E-state index >= 15 is 0 Å². The molecule has 2 bridgehead atoms. The molecule has 1 saturated heterocycles. The van der Waals surface area contributed by atoms with E-state index in [-0.39, 0.29) is 5.54 Å². The molecule has 2 aliphatic carbocycles. The molecular formula is C18H19N. The van der Waals surface area contributed by atoms with Gasteiger partial charge in [0.2, 0.25) is 0 Å². The van der Waals surface area contributed by atoms with Gasteiger partial charge >= 0.3 is 0 Å². The van der Waals surface area contributed by atoms with E-state index in [4.69, 9.17) is 0 Å². The van der Waals surface area contributed by atoms with Crippen LogP contribution < -0.4 is 0 Å². The SMILES string of the molecule is CCCN1CC2=Cc3ccccc3C13C=CCC=C23. The first-order chi connectivity index (χ1) is 9.36.